The minimum atomic E-state index is -4.54. The van der Waals surface area contributed by atoms with Crippen LogP contribution < -0.4 is 5.32 Å². The fraction of sp³-hybridized carbons (Fsp3) is 0.381. The molecule has 6 nitrogen and oxygen atoms in total. The van der Waals surface area contributed by atoms with Gasteiger partial charge in [0.05, 0.1) is 5.56 Å². The number of nitrogens with one attached hydrogen (secondary N) is 1. The molecule has 1 aromatic carbocycles. The lowest BCUT2D eigenvalue weighted by atomic mass is 10.0. The zero-order chi connectivity index (χ0) is 21.3. The fourth-order valence-corrected chi connectivity index (χ4v) is 3.87. The Labute approximate surface area is 171 Å². The Morgan fingerprint density at radius 2 is 2.03 bits per heavy atom. The Bertz CT molecular complexity index is 1060. The van der Waals surface area contributed by atoms with Crippen LogP contribution >= 0.6 is 0 Å². The van der Waals surface area contributed by atoms with Crippen LogP contribution in [0.1, 0.15) is 25.3 Å². The van der Waals surface area contributed by atoms with Crippen LogP contribution in [0.4, 0.5) is 19.0 Å². The first-order valence-corrected chi connectivity index (χ1v) is 9.86. The first-order valence-electron chi connectivity index (χ1n) is 9.86. The van der Waals surface area contributed by atoms with Gasteiger partial charge >= 0.3 is 6.18 Å². The fourth-order valence-electron chi connectivity index (χ4n) is 3.87. The molecule has 0 unspecified atom stereocenters. The molecule has 3 heterocycles. The van der Waals surface area contributed by atoms with Gasteiger partial charge in [0.15, 0.2) is 5.82 Å². The van der Waals surface area contributed by atoms with E-state index in [1.54, 1.807) is 18.5 Å². The van der Waals surface area contributed by atoms with Crippen molar-refractivity contribution >= 4 is 16.6 Å². The number of phenols is 1. The number of phenolic OH excluding ortho intramolecular Hbond substituents is 1. The second kappa shape index (κ2) is 8.06. The maximum Gasteiger partial charge on any atom is 0.416 e. The first-order chi connectivity index (χ1) is 14.4. The van der Waals surface area contributed by atoms with Gasteiger partial charge in [0.2, 0.25) is 0 Å². The van der Waals surface area contributed by atoms with Crippen LogP contribution in [0, 0.1) is 0 Å². The van der Waals surface area contributed by atoms with E-state index in [9.17, 15) is 18.3 Å². The van der Waals surface area contributed by atoms with Gasteiger partial charge < -0.3 is 15.3 Å². The predicted molar refractivity (Wildman–Crippen MR) is 108 cm³/mol. The molecular weight excluding hydrogens is 395 g/mol. The van der Waals surface area contributed by atoms with Crippen molar-refractivity contribution in [2.45, 2.75) is 32.0 Å². The predicted octanol–water partition coefficient (Wildman–Crippen LogP) is 4.31. The van der Waals surface area contributed by atoms with Gasteiger partial charge in [-0.15, -0.1) is 10.2 Å². The number of likely N-dealkylation sites (tertiary alicyclic amines) is 1. The molecule has 0 bridgehead atoms. The minimum Gasteiger partial charge on any atom is -0.507 e. The average Bonchev–Trinajstić information content (AvgIpc) is 2.74. The first kappa shape index (κ1) is 20.3. The number of anilines is 1. The second-order valence-electron chi connectivity index (χ2n) is 7.42. The van der Waals surface area contributed by atoms with E-state index in [1.807, 2.05) is 0 Å². The highest BCUT2D eigenvalue weighted by atomic mass is 19.4. The maximum atomic E-state index is 12.9. The second-order valence-corrected chi connectivity index (χ2v) is 7.42. The van der Waals surface area contributed by atoms with Crippen LogP contribution in [0.15, 0.2) is 36.7 Å². The van der Waals surface area contributed by atoms with Crippen molar-refractivity contribution in [3.05, 3.63) is 42.2 Å². The third-order valence-electron chi connectivity index (χ3n) is 5.46. The molecule has 158 valence electrons. The molecule has 4 rings (SSSR count). The lowest BCUT2D eigenvalue weighted by molar-refractivity contribution is -0.137. The van der Waals surface area contributed by atoms with Crippen molar-refractivity contribution in [2.75, 3.05) is 25.0 Å². The maximum absolute atomic E-state index is 12.9. The van der Waals surface area contributed by atoms with E-state index < -0.39 is 17.5 Å². The van der Waals surface area contributed by atoms with Gasteiger partial charge in [-0.2, -0.15) is 13.2 Å². The van der Waals surface area contributed by atoms with E-state index in [-0.39, 0.29) is 17.3 Å². The molecular formula is C21H22F3N5O. The number of nitrogens with zero attached hydrogens (tertiary/aromatic N) is 4. The molecule has 2 aromatic heterocycles. The number of rotatable bonds is 4. The summed E-state index contributed by atoms with van der Waals surface area (Å²) in [6.45, 7) is 5.11. The molecule has 1 fully saturated rings. The van der Waals surface area contributed by atoms with Crippen LogP contribution in [0.25, 0.3) is 22.0 Å². The Balaban J connectivity index is 1.71. The largest absolute Gasteiger partial charge is 0.507 e. The van der Waals surface area contributed by atoms with Gasteiger partial charge in [-0.05, 0) is 50.2 Å². The third kappa shape index (κ3) is 4.02. The van der Waals surface area contributed by atoms with Crippen molar-refractivity contribution < 1.29 is 18.3 Å². The van der Waals surface area contributed by atoms with Crippen LogP contribution in [-0.2, 0) is 6.18 Å². The summed E-state index contributed by atoms with van der Waals surface area (Å²) in [7, 11) is 0. The molecule has 1 aliphatic heterocycles. The molecule has 3 aromatic rings. The number of hydrogen-bond donors (Lipinski definition) is 2. The summed E-state index contributed by atoms with van der Waals surface area (Å²) >= 11 is 0. The summed E-state index contributed by atoms with van der Waals surface area (Å²) in [4.78, 5) is 6.50. The molecule has 0 amide bonds. The van der Waals surface area contributed by atoms with Gasteiger partial charge in [-0.3, -0.25) is 4.98 Å². The summed E-state index contributed by atoms with van der Waals surface area (Å²) in [5.74, 6) is 0.0985. The summed E-state index contributed by atoms with van der Waals surface area (Å²) < 4.78 is 38.8. The number of piperidine rings is 1. The lowest BCUT2D eigenvalue weighted by Gasteiger charge is -2.32. The molecule has 0 aliphatic carbocycles. The Kier molecular flexibility index (Phi) is 5.46. The number of aromatic hydroxyl groups is 1. The number of pyridine rings is 1. The number of fused-ring (bicyclic) bond motifs is 1. The zero-order valence-electron chi connectivity index (χ0n) is 16.4. The molecule has 0 radical (unpaired) electrons. The highest BCUT2D eigenvalue weighted by molar-refractivity contribution is 6.00. The van der Waals surface area contributed by atoms with Crippen LogP contribution in [0.5, 0.6) is 5.75 Å². The molecule has 0 spiro atoms. The van der Waals surface area contributed by atoms with E-state index in [0.29, 0.717) is 17.3 Å². The van der Waals surface area contributed by atoms with Crippen LogP contribution in [-0.4, -0.2) is 50.9 Å². The summed E-state index contributed by atoms with van der Waals surface area (Å²) in [6, 6.07) is 4.85. The molecule has 1 aliphatic rings. The summed E-state index contributed by atoms with van der Waals surface area (Å²) in [6.07, 6.45) is 0.791. The SMILES string of the molecule is CCN1CCC[C@@H](Nc2nnc(-c3ccc(C(F)(F)F)cc3O)c3cnccc23)C1. The van der Waals surface area contributed by atoms with Gasteiger partial charge in [0, 0.05) is 41.3 Å². The van der Waals surface area contributed by atoms with E-state index in [1.165, 1.54) is 6.07 Å². The van der Waals surface area contributed by atoms with Crippen molar-refractivity contribution in [3.8, 4) is 17.0 Å². The molecule has 1 saturated heterocycles. The zero-order valence-corrected chi connectivity index (χ0v) is 16.4. The average molecular weight is 417 g/mol. The van der Waals surface area contributed by atoms with Gasteiger partial charge in [-0.1, -0.05) is 6.92 Å². The quantitative estimate of drug-likeness (QED) is 0.659. The van der Waals surface area contributed by atoms with Gasteiger partial charge in [0.1, 0.15) is 11.4 Å². The van der Waals surface area contributed by atoms with Crippen molar-refractivity contribution in [2.24, 2.45) is 0 Å². The smallest absolute Gasteiger partial charge is 0.416 e. The molecule has 9 heteroatoms. The van der Waals surface area contributed by atoms with Gasteiger partial charge in [-0.25, -0.2) is 0 Å². The monoisotopic (exact) mass is 417 g/mol. The van der Waals surface area contributed by atoms with Crippen molar-refractivity contribution in [1.29, 1.82) is 0 Å². The minimum absolute atomic E-state index is 0.176. The summed E-state index contributed by atoms with van der Waals surface area (Å²) in [5.41, 5.74) is -0.459. The highest BCUT2D eigenvalue weighted by Crippen LogP contribution is 2.38. The number of aromatic nitrogens is 3. The van der Waals surface area contributed by atoms with Gasteiger partial charge in [0.25, 0.3) is 0 Å². The highest BCUT2D eigenvalue weighted by Gasteiger charge is 2.31. The molecule has 0 saturated carbocycles. The van der Waals surface area contributed by atoms with Crippen molar-refractivity contribution in [1.82, 2.24) is 20.1 Å². The standard InChI is InChI=1S/C21H22F3N5O/c1-2-29-9-3-4-14(12-29)26-20-15-7-8-25-11-17(15)19(27-28-20)16-6-5-13(10-18(16)30)21(22,23)24/h5-8,10-11,14,30H,2-4,9,12H2,1H3,(H,26,28)/t14-/m1/s1. The van der Waals surface area contributed by atoms with E-state index in [4.69, 9.17) is 0 Å². The van der Waals surface area contributed by atoms with Crippen LogP contribution in [0.3, 0.4) is 0 Å². The normalized spacial score (nSPS) is 17.9. The number of benzene rings is 1. The van der Waals surface area contributed by atoms with E-state index >= 15 is 0 Å². The Morgan fingerprint density at radius 1 is 1.20 bits per heavy atom. The number of halogens is 3. The number of likely N-dealkylation sites (N-methyl/N-ethyl adjacent to an activating group) is 1. The van der Waals surface area contributed by atoms with Crippen molar-refractivity contribution in [3.63, 3.8) is 0 Å². The van der Waals surface area contributed by atoms with Crippen LogP contribution in [0.2, 0.25) is 0 Å². The summed E-state index contributed by atoms with van der Waals surface area (Å²) in [5, 5.41) is 23.6. The number of hydrogen-bond acceptors (Lipinski definition) is 6. The Morgan fingerprint density at radius 3 is 2.77 bits per heavy atom. The Hall–Kier alpha value is -2.94. The number of alkyl halides is 3. The van der Waals surface area contributed by atoms with E-state index in [2.05, 4.69) is 32.3 Å². The molecule has 2 N–H and O–H groups in total. The third-order valence-corrected chi connectivity index (χ3v) is 5.46. The molecule has 30 heavy (non-hydrogen) atoms. The lowest BCUT2D eigenvalue weighted by Crippen LogP contribution is -2.42. The molecule has 1 atom stereocenters. The topological polar surface area (TPSA) is 74.2 Å². The van der Waals surface area contributed by atoms with E-state index in [0.717, 1.165) is 43.9 Å².